The molecule has 98 valence electrons. The predicted molar refractivity (Wildman–Crippen MR) is 68.4 cm³/mol. The molecule has 6 heteroatoms. The maximum absolute atomic E-state index is 13.0. The zero-order valence-electron chi connectivity index (χ0n) is 9.38. The molecule has 0 unspecified atom stereocenters. The van der Waals surface area contributed by atoms with E-state index in [1.165, 1.54) is 18.2 Å². The smallest absolute Gasteiger partial charge is 0.255 e. The van der Waals surface area contributed by atoms with E-state index in [2.05, 4.69) is 21.2 Å². The largest absolute Gasteiger partial charge is 0.321 e. The molecule has 1 N–H and O–H groups in total. The molecule has 0 aromatic heterocycles. The van der Waals surface area contributed by atoms with E-state index in [0.717, 1.165) is 18.2 Å². The zero-order chi connectivity index (χ0) is 14.0. The van der Waals surface area contributed by atoms with Gasteiger partial charge in [-0.1, -0.05) is 0 Å². The number of nitrogens with one attached hydrogen (secondary N) is 1. The standard InChI is InChI=1S/C13H7BrF3NO/c14-9-6-8(15)2-4-12(9)18-13(19)7-1-3-10(16)11(17)5-7/h1-6H,(H,18,19). The van der Waals surface area contributed by atoms with E-state index < -0.39 is 23.4 Å². The summed E-state index contributed by atoms with van der Waals surface area (Å²) in [4.78, 5) is 11.8. The number of hydrogen-bond acceptors (Lipinski definition) is 1. The van der Waals surface area contributed by atoms with E-state index in [1.54, 1.807) is 0 Å². The molecule has 0 bridgehead atoms. The molecule has 0 spiro atoms. The first-order valence-corrected chi connectivity index (χ1v) is 5.98. The monoisotopic (exact) mass is 329 g/mol. The van der Waals surface area contributed by atoms with Gasteiger partial charge in [-0.05, 0) is 52.3 Å². The van der Waals surface area contributed by atoms with Gasteiger partial charge in [0.1, 0.15) is 5.82 Å². The Labute approximate surface area is 115 Å². The molecule has 0 aliphatic carbocycles. The summed E-state index contributed by atoms with van der Waals surface area (Å²) >= 11 is 3.09. The Kier molecular flexibility index (Phi) is 3.90. The molecular formula is C13H7BrF3NO. The van der Waals surface area contributed by atoms with Gasteiger partial charge in [-0.25, -0.2) is 13.2 Å². The van der Waals surface area contributed by atoms with Gasteiger partial charge in [0.25, 0.3) is 5.91 Å². The van der Waals surface area contributed by atoms with Crippen LogP contribution in [-0.2, 0) is 0 Å². The Morgan fingerprint density at radius 3 is 2.37 bits per heavy atom. The van der Waals surface area contributed by atoms with E-state index in [1.807, 2.05) is 0 Å². The zero-order valence-corrected chi connectivity index (χ0v) is 11.0. The molecule has 19 heavy (non-hydrogen) atoms. The number of hydrogen-bond donors (Lipinski definition) is 1. The Hall–Kier alpha value is -1.82. The second-order valence-electron chi connectivity index (χ2n) is 3.71. The number of halogens is 4. The summed E-state index contributed by atoms with van der Waals surface area (Å²) in [6.45, 7) is 0. The van der Waals surface area contributed by atoms with Crippen LogP contribution in [0.3, 0.4) is 0 Å². The Morgan fingerprint density at radius 1 is 1.00 bits per heavy atom. The van der Waals surface area contributed by atoms with E-state index in [0.29, 0.717) is 10.2 Å². The van der Waals surface area contributed by atoms with Crippen molar-refractivity contribution in [3.63, 3.8) is 0 Å². The fourth-order valence-corrected chi connectivity index (χ4v) is 1.87. The van der Waals surface area contributed by atoms with Gasteiger partial charge in [0.15, 0.2) is 11.6 Å². The van der Waals surface area contributed by atoms with Crippen molar-refractivity contribution in [2.24, 2.45) is 0 Å². The molecule has 0 heterocycles. The molecular weight excluding hydrogens is 323 g/mol. The number of anilines is 1. The third kappa shape index (κ3) is 3.14. The van der Waals surface area contributed by atoms with Crippen LogP contribution in [0.1, 0.15) is 10.4 Å². The normalized spacial score (nSPS) is 10.3. The van der Waals surface area contributed by atoms with Crippen LogP contribution in [0, 0.1) is 17.5 Å². The third-order valence-corrected chi connectivity index (χ3v) is 3.02. The van der Waals surface area contributed by atoms with E-state index >= 15 is 0 Å². The summed E-state index contributed by atoms with van der Waals surface area (Å²) in [6.07, 6.45) is 0. The fraction of sp³-hybridized carbons (Fsp3) is 0. The maximum atomic E-state index is 13.0. The van der Waals surface area contributed by atoms with Gasteiger partial charge in [0, 0.05) is 10.0 Å². The summed E-state index contributed by atoms with van der Waals surface area (Å²) in [6, 6.07) is 6.53. The first kappa shape index (κ1) is 13.6. The molecule has 0 saturated heterocycles. The lowest BCUT2D eigenvalue weighted by atomic mass is 10.2. The van der Waals surface area contributed by atoms with Crippen LogP contribution in [0.15, 0.2) is 40.9 Å². The van der Waals surface area contributed by atoms with Crippen molar-refractivity contribution in [3.8, 4) is 0 Å². The minimum absolute atomic E-state index is 0.0323. The molecule has 2 nitrogen and oxygen atoms in total. The third-order valence-electron chi connectivity index (χ3n) is 2.36. The number of carbonyl (C=O) groups excluding carboxylic acids is 1. The summed E-state index contributed by atoms with van der Waals surface area (Å²) in [5.74, 6) is -3.21. The minimum Gasteiger partial charge on any atom is -0.321 e. The SMILES string of the molecule is O=C(Nc1ccc(F)cc1Br)c1ccc(F)c(F)c1. The van der Waals surface area contributed by atoms with Crippen molar-refractivity contribution in [1.29, 1.82) is 0 Å². The van der Waals surface area contributed by atoms with Crippen LogP contribution in [0.5, 0.6) is 0 Å². The van der Waals surface area contributed by atoms with E-state index in [4.69, 9.17) is 0 Å². The van der Waals surface area contributed by atoms with Gasteiger partial charge in [-0.2, -0.15) is 0 Å². The maximum Gasteiger partial charge on any atom is 0.255 e. The molecule has 0 aliphatic heterocycles. The second-order valence-corrected chi connectivity index (χ2v) is 4.56. The summed E-state index contributed by atoms with van der Waals surface area (Å²) in [5, 5.41) is 2.46. The van der Waals surface area contributed by atoms with Gasteiger partial charge >= 0.3 is 0 Å². The highest BCUT2D eigenvalue weighted by molar-refractivity contribution is 9.10. The van der Waals surface area contributed by atoms with Crippen LogP contribution < -0.4 is 5.32 Å². The molecule has 0 radical (unpaired) electrons. The van der Waals surface area contributed by atoms with Gasteiger partial charge < -0.3 is 5.32 Å². The Bertz CT molecular complexity index is 646. The molecule has 0 atom stereocenters. The fourth-order valence-electron chi connectivity index (χ4n) is 1.42. The quantitative estimate of drug-likeness (QED) is 0.882. The van der Waals surface area contributed by atoms with Crippen molar-refractivity contribution in [2.45, 2.75) is 0 Å². The molecule has 2 aromatic rings. The van der Waals surface area contributed by atoms with Gasteiger partial charge in [0.05, 0.1) is 5.69 Å². The lowest BCUT2D eigenvalue weighted by molar-refractivity contribution is 0.102. The molecule has 0 saturated carbocycles. The van der Waals surface area contributed by atoms with Crippen molar-refractivity contribution < 1.29 is 18.0 Å². The van der Waals surface area contributed by atoms with E-state index in [9.17, 15) is 18.0 Å². The molecule has 0 aliphatic rings. The van der Waals surface area contributed by atoms with Gasteiger partial charge in [0.2, 0.25) is 0 Å². The number of amides is 1. The molecule has 0 fully saturated rings. The van der Waals surface area contributed by atoms with Crippen molar-refractivity contribution in [2.75, 3.05) is 5.32 Å². The predicted octanol–water partition coefficient (Wildman–Crippen LogP) is 4.12. The summed E-state index contributed by atoms with van der Waals surface area (Å²) in [5.41, 5.74) is 0.297. The first-order chi connectivity index (χ1) is 8.97. The summed E-state index contributed by atoms with van der Waals surface area (Å²) in [7, 11) is 0. The topological polar surface area (TPSA) is 29.1 Å². The second kappa shape index (κ2) is 5.44. The van der Waals surface area contributed by atoms with Crippen molar-refractivity contribution >= 4 is 27.5 Å². The summed E-state index contributed by atoms with van der Waals surface area (Å²) < 4.78 is 39.0. The lowest BCUT2D eigenvalue weighted by Crippen LogP contribution is -2.12. The Balaban J connectivity index is 2.23. The average molecular weight is 330 g/mol. The number of benzene rings is 2. The highest BCUT2D eigenvalue weighted by atomic mass is 79.9. The van der Waals surface area contributed by atoms with E-state index in [-0.39, 0.29) is 5.56 Å². The number of carbonyl (C=O) groups is 1. The van der Waals surface area contributed by atoms with Crippen LogP contribution >= 0.6 is 15.9 Å². The minimum atomic E-state index is -1.11. The highest BCUT2D eigenvalue weighted by Crippen LogP contribution is 2.23. The van der Waals surface area contributed by atoms with Crippen molar-refractivity contribution in [1.82, 2.24) is 0 Å². The average Bonchev–Trinajstić information content (AvgIpc) is 2.36. The molecule has 2 rings (SSSR count). The van der Waals surface area contributed by atoms with Crippen LogP contribution in [0.4, 0.5) is 18.9 Å². The van der Waals surface area contributed by atoms with Crippen LogP contribution in [0.2, 0.25) is 0 Å². The highest BCUT2D eigenvalue weighted by Gasteiger charge is 2.11. The molecule has 2 aromatic carbocycles. The van der Waals surface area contributed by atoms with Crippen LogP contribution in [-0.4, -0.2) is 5.91 Å². The first-order valence-electron chi connectivity index (χ1n) is 5.19. The lowest BCUT2D eigenvalue weighted by Gasteiger charge is -2.07. The van der Waals surface area contributed by atoms with Crippen molar-refractivity contribution in [3.05, 3.63) is 63.9 Å². The van der Waals surface area contributed by atoms with Gasteiger partial charge in [-0.15, -0.1) is 0 Å². The molecule has 1 amide bonds. The van der Waals surface area contributed by atoms with Crippen LogP contribution in [0.25, 0.3) is 0 Å². The number of rotatable bonds is 2. The Morgan fingerprint density at radius 2 is 1.74 bits per heavy atom. The van der Waals surface area contributed by atoms with Gasteiger partial charge in [-0.3, -0.25) is 4.79 Å².